The summed E-state index contributed by atoms with van der Waals surface area (Å²) in [6.07, 6.45) is 56.2. The maximum absolute atomic E-state index is 12.7. The summed E-state index contributed by atoms with van der Waals surface area (Å²) >= 11 is 0. The fourth-order valence-corrected chi connectivity index (χ4v) is 6.81. The summed E-state index contributed by atoms with van der Waals surface area (Å²) in [4.78, 5) is 37.6. The van der Waals surface area contributed by atoms with Crippen molar-refractivity contribution < 1.29 is 42.1 Å². The summed E-state index contributed by atoms with van der Waals surface area (Å²) < 4.78 is 33.9. The van der Waals surface area contributed by atoms with E-state index in [2.05, 4.69) is 86.8 Å². The Labute approximate surface area is 380 Å². The van der Waals surface area contributed by atoms with Gasteiger partial charge in [-0.25, -0.2) is 0 Å². The second-order valence-corrected chi connectivity index (χ2v) is 18.5. The summed E-state index contributed by atoms with van der Waals surface area (Å²) in [6.45, 7) is 4.08. The van der Waals surface area contributed by atoms with Crippen LogP contribution in [0.1, 0.15) is 181 Å². The van der Waals surface area contributed by atoms with Crippen molar-refractivity contribution >= 4 is 19.8 Å². The average Bonchev–Trinajstić information content (AvgIpc) is 3.23. The molecule has 0 heterocycles. The van der Waals surface area contributed by atoms with E-state index in [0.29, 0.717) is 23.9 Å². The number of carbonyl (C=O) groups excluding carboxylic acids is 2. The number of hydrogen-bond donors (Lipinski definition) is 0. The minimum absolute atomic E-state index is 0.0489. The average molecular weight is 888 g/mol. The topological polar surface area (TPSA) is 111 Å². The molecule has 1 unspecified atom stereocenters. The molecule has 9 nitrogen and oxygen atoms in total. The lowest BCUT2D eigenvalue weighted by Crippen LogP contribution is -2.37. The zero-order valence-electron chi connectivity index (χ0n) is 40.0. The molecule has 0 aromatic carbocycles. The van der Waals surface area contributed by atoms with Crippen molar-refractivity contribution in [3.63, 3.8) is 0 Å². The van der Waals surface area contributed by atoms with Crippen LogP contribution in [0.25, 0.3) is 0 Å². The fraction of sp³-hybridized carbons (Fsp3) is 0.692. The molecule has 0 aliphatic carbocycles. The third-order valence-electron chi connectivity index (χ3n) is 9.90. The normalized spacial score (nSPS) is 14.2. The Morgan fingerprint density at radius 3 is 1.35 bits per heavy atom. The number of rotatable bonds is 43. The third-order valence-corrected chi connectivity index (χ3v) is 10.9. The number of esters is 2. The van der Waals surface area contributed by atoms with Gasteiger partial charge >= 0.3 is 11.9 Å². The first-order chi connectivity index (χ1) is 30.0. The number of carbonyl (C=O) groups is 2. The van der Waals surface area contributed by atoms with Gasteiger partial charge in [0.25, 0.3) is 7.82 Å². The van der Waals surface area contributed by atoms with Crippen molar-refractivity contribution in [2.45, 2.75) is 187 Å². The minimum Gasteiger partial charge on any atom is -0.756 e. The van der Waals surface area contributed by atoms with Crippen LogP contribution in [0, 0.1) is 0 Å². The maximum Gasteiger partial charge on any atom is 0.306 e. The van der Waals surface area contributed by atoms with Gasteiger partial charge < -0.3 is 27.9 Å². The number of quaternary nitrogens is 1. The molecule has 2 atom stereocenters. The molecular weight excluding hydrogens is 798 g/mol. The number of unbranched alkanes of at least 4 members (excludes halogenated alkanes) is 15. The molecule has 0 aliphatic heterocycles. The molecule has 0 amide bonds. The Balaban J connectivity index is 4.43. The number of allylic oxidation sites excluding steroid dienone is 14. The van der Waals surface area contributed by atoms with Crippen molar-refractivity contribution in [1.29, 1.82) is 0 Å². The van der Waals surface area contributed by atoms with Gasteiger partial charge in [0, 0.05) is 12.8 Å². The van der Waals surface area contributed by atoms with Gasteiger partial charge in [-0.2, -0.15) is 0 Å². The smallest absolute Gasteiger partial charge is 0.306 e. The zero-order valence-corrected chi connectivity index (χ0v) is 40.9. The van der Waals surface area contributed by atoms with E-state index in [-0.39, 0.29) is 26.1 Å². The molecule has 0 spiro atoms. The van der Waals surface area contributed by atoms with Gasteiger partial charge in [0.1, 0.15) is 19.8 Å². The number of hydrogen-bond acceptors (Lipinski definition) is 8. The highest BCUT2D eigenvalue weighted by Gasteiger charge is 2.21. The molecule has 0 saturated heterocycles. The van der Waals surface area contributed by atoms with Crippen LogP contribution in [0.15, 0.2) is 85.1 Å². The van der Waals surface area contributed by atoms with E-state index in [1.807, 2.05) is 33.3 Å². The molecule has 0 radical (unpaired) electrons. The predicted octanol–water partition coefficient (Wildman–Crippen LogP) is 13.7. The number of likely N-dealkylation sites (N-methyl/N-ethyl adjacent to an activating group) is 1. The van der Waals surface area contributed by atoms with Gasteiger partial charge in [-0.15, -0.1) is 0 Å². The molecule has 0 aliphatic rings. The Morgan fingerprint density at radius 1 is 0.500 bits per heavy atom. The van der Waals surface area contributed by atoms with Crippen LogP contribution in [-0.4, -0.2) is 70.0 Å². The Morgan fingerprint density at radius 2 is 0.903 bits per heavy atom. The Hall–Kier alpha value is -2.81. The maximum atomic E-state index is 12.7. The van der Waals surface area contributed by atoms with Crippen LogP contribution in [0.2, 0.25) is 0 Å². The van der Waals surface area contributed by atoms with E-state index < -0.39 is 32.5 Å². The molecule has 0 N–H and O–H groups in total. The minimum atomic E-state index is -4.65. The van der Waals surface area contributed by atoms with Crippen molar-refractivity contribution in [1.82, 2.24) is 0 Å². The van der Waals surface area contributed by atoms with Gasteiger partial charge in [-0.05, 0) is 83.5 Å². The Kier molecular flexibility index (Phi) is 41.5. The van der Waals surface area contributed by atoms with Gasteiger partial charge in [0.2, 0.25) is 0 Å². The molecule has 0 aromatic rings. The first-order valence-electron chi connectivity index (χ1n) is 24.3. The molecule has 0 bridgehead atoms. The van der Waals surface area contributed by atoms with E-state index in [9.17, 15) is 19.0 Å². The van der Waals surface area contributed by atoms with Crippen LogP contribution in [-0.2, 0) is 32.7 Å². The van der Waals surface area contributed by atoms with Gasteiger partial charge in [-0.1, -0.05) is 170 Å². The van der Waals surface area contributed by atoms with E-state index >= 15 is 0 Å². The number of nitrogens with zero attached hydrogens (tertiary/aromatic N) is 1. The van der Waals surface area contributed by atoms with Crippen molar-refractivity contribution in [2.24, 2.45) is 0 Å². The molecule has 0 fully saturated rings. The summed E-state index contributed by atoms with van der Waals surface area (Å²) in [5.41, 5.74) is 0. The second-order valence-electron chi connectivity index (χ2n) is 17.1. The van der Waals surface area contributed by atoms with E-state index in [1.54, 1.807) is 0 Å². The molecule has 356 valence electrons. The van der Waals surface area contributed by atoms with E-state index in [0.717, 1.165) is 57.8 Å². The second kappa shape index (κ2) is 43.4. The predicted molar refractivity (Wildman–Crippen MR) is 259 cm³/mol. The molecule has 0 aromatic heterocycles. The summed E-state index contributed by atoms with van der Waals surface area (Å²) in [5, 5.41) is 0. The Bertz CT molecular complexity index is 1330. The first-order valence-corrected chi connectivity index (χ1v) is 25.8. The fourth-order valence-electron chi connectivity index (χ4n) is 6.08. The summed E-state index contributed by atoms with van der Waals surface area (Å²) in [5.74, 6) is -0.940. The molecule has 10 heteroatoms. The van der Waals surface area contributed by atoms with Crippen LogP contribution in [0.5, 0.6) is 0 Å². The number of phosphoric ester groups is 1. The largest absolute Gasteiger partial charge is 0.756 e. The molecular formula is C52H90NO8P. The van der Waals surface area contributed by atoms with Gasteiger partial charge in [0.15, 0.2) is 6.10 Å². The van der Waals surface area contributed by atoms with Crippen molar-refractivity contribution in [3.8, 4) is 0 Å². The first kappa shape index (κ1) is 59.2. The van der Waals surface area contributed by atoms with E-state index in [1.165, 1.54) is 83.5 Å². The van der Waals surface area contributed by atoms with Crippen molar-refractivity contribution in [2.75, 3.05) is 47.5 Å². The van der Waals surface area contributed by atoms with Crippen LogP contribution >= 0.6 is 7.82 Å². The molecule has 0 saturated carbocycles. The third kappa shape index (κ3) is 46.7. The standard InChI is InChI=1S/C52H90NO8P/c1-6-8-10-12-14-16-18-20-22-24-26-28-30-32-34-36-38-40-42-44-51(54)58-48-50(49-60-62(56,57)59-47-46-53(3,4)5)61-52(55)45-43-41-39-37-35-33-31-29-27-25-23-21-19-17-15-13-11-9-7-2/h14-17,20-23,27,29,33,35,39,41,50H,6-13,18-19,24-26,28,30-32,34,36-38,40,42-49H2,1-5H3/b16-14-,17-15-,22-20-,23-21-,29-27-,35-33-,41-39-/t50-/m1/s1. The molecule has 62 heavy (non-hydrogen) atoms. The van der Waals surface area contributed by atoms with Crippen molar-refractivity contribution in [3.05, 3.63) is 85.1 Å². The van der Waals surface area contributed by atoms with Gasteiger partial charge in [-0.3, -0.25) is 14.2 Å². The zero-order chi connectivity index (χ0) is 45.7. The van der Waals surface area contributed by atoms with Gasteiger partial charge in [0.05, 0.1) is 27.7 Å². The SMILES string of the molecule is CCCCC/C=C\C/C=C\C/C=C\C/C=C\C/C=C\CCC(=O)O[C@H](COC(=O)CCCCCCCCCCC/C=C\C/C=C\CCCCC)COP(=O)([O-])OCC[N+](C)(C)C. The quantitative estimate of drug-likeness (QED) is 0.0196. The highest BCUT2D eigenvalue weighted by molar-refractivity contribution is 7.45. The highest BCUT2D eigenvalue weighted by Crippen LogP contribution is 2.38. The summed E-state index contributed by atoms with van der Waals surface area (Å²) in [6, 6.07) is 0. The summed E-state index contributed by atoms with van der Waals surface area (Å²) in [7, 11) is 1.11. The van der Waals surface area contributed by atoms with E-state index in [4.69, 9.17) is 18.5 Å². The van der Waals surface area contributed by atoms with Crippen LogP contribution < -0.4 is 4.89 Å². The van der Waals surface area contributed by atoms with Crippen LogP contribution in [0.4, 0.5) is 0 Å². The number of phosphoric acid groups is 1. The lowest BCUT2D eigenvalue weighted by atomic mass is 10.1. The lowest BCUT2D eigenvalue weighted by molar-refractivity contribution is -0.870. The molecule has 0 rings (SSSR count). The highest BCUT2D eigenvalue weighted by atomic mass is 31.2. The van der Waals surface area contributed by atoms with Crippen LogP contribution in [0.3, 0.4) is 0 Å². The monoisotopic (exact) mass is 888 g/mol. The lowest BCUT2D eigenvalue weighted by Gasteiger charge is -2.28. The number of ether oxygens (including phenoxy) is 2.